The molecule has 3 rings (SSSR count). The van der Waals surface area contributed by atoms with Gasteiger partial charge in [0.15, 0.2) is 0 Å². The highest BCUT2D eigenvalue weighted by molar-refractivity contribution is 5.95. The van der Waals surface area contributed by atoms with Gasteiger partial charge in [0.05, 0.1) is 12.2 Å². The summed E-state index contributed by atoms with van der Waals surface area (Å²) in [6.07, 6.45) is 4.57. The molecule has 1 aromatic rings. The van der Waals surface area contributed by atoms with Crippen LogP contribution in [-0.2, 0) is 9.53 Å². The van der Waals surface area contributed by atoms with Crippen molar-refractivity contribution in [1.82, 2.24) is 10.2 Å². The van der Waals surface area contributed by atoms with Crippen molar-refractivity contribution in [2.45, 2.75) is 52.0 Å². The van der Waals surface area contributed by atoms with Gasteiger partial charge in [0.2, 0.25) is 5.91 Å². The Morgan fingerprint density at radius 2 is 2.24 bits per heavy atom. The fourth-order valence-corrected chi connectivity index (χ4v) is 4.54. The number of ether oxygens (including phenoxy) is 1. The molecule has 0 radical (unpaired) electrons. The number of piperidine rings is 1. The third-order valence-corrected chi connectivity index (χ3v) is 5.82. The lowest BCUT2D eigenvalue weighted by Crippen LogP contribution is -2.56. The Morgan fingerprint density at radius 1 is 1.44 bits per heavy atom. The first kappa shape index (κ1) is 18.0. The Hall–Kier alpha value is -1.82. The van der Waals surface area contributed by atoms with Crippen molar-refractivity contribution >= 4 is 11.8 Å². The fourth-order valence-electron chi connectivity index (χ4n) is 4.54. The standard InChI is InChI=1S/C19H28N2O4/c1-13-11-15(14(2)25-13)18(23)20-12-19-7-4-5-16(19)21(9-10-24-3)17(22)6-8-19/h11,16H,4-10,12H2,1-3H3,(H,20,23)/t16-,19+/m1/s1. The molecule has 1 aromatic heterocycles. The topological polar surface area (TPSA) is 71.8 Å². The van der Waals surface area contributed by atoms with Crippen molar-refractivity contribution in [2.75, 3.05) is 26.8 Å². The lowest BCUT2D eigenvalue weighted by atomic mass is 9.74. The number of carbonyl (C=O) groups is 2. The molecule has 2 heterocycles. The van der Waals surface area contributed by atoms with Crippen LogP contribution >= 0.6 is 0 Å². The number of likely N-dealkylation sites (tertiary alicyclic amines) is 1. The number of nitrogens with zero attached hydrogens (tertiary/aromatic N) is 1. The summed E-state index contributed by atoms with van der Waals surface area (Å²) in [5.41, 5.74) is 0.593. The lowest BCUT2D eigenvalue weighted by Gasteiger charge is -2.46. The summed E-state index contributed by atoms with van der Waals surface area (Å²) < 4.78 is 10.6. The summed E-state index contributed by atoms with van der Waals surface area (Å²) in [5, 5.41) is 3.11. The lowest BCUT2D eigenvalue weighted by molar-refractivity contribution is -0.142. The summed E-state index contributed by atoms with van der Waals surface area (Å²) in [6, 6.07) is 1.99. The molecule has 0 bridgehead atoms. The number of fused-ring (bicyclic) bond motifs is 1. The molecule has 1 aliphatic carbocycles. The van der Waals surface area contributed by atoms with Crippen molar-refractivity contribution < 1.29 is 18.7 Å². The number of hydrogen-bond donors (Lipinski definition) is 1. The summed E-state index contributed by atoms with van der Waals surface area (Å²) in [6.45, 7) is 5.45. The first-order valence-electron chi connectivity index (χ1n) is 9.10. The molecule has 138 valence electrons. The van der Waals surface area contributed by atoms with Gasteiger partial charge in [0, 0.05) is 38.1 Å². The summed E-state index contributed by atoms with van der Waals surface area (Å²) in [4.78, 5) is 26.9. The second-order valence-corrected chi connectivity index (χ2v) is 7.36. The van der Waals surface area contributed by atoms with Gasteiger partial charge in [-0.25, -0.2) is 0 Å². The number of methoxy groups -OCH3 is 1. The molecule has 0 aromatic carbocycles. The summed E-state index contributed by atoms with van der Waals surface area (Å²) >= 11 is 0. The smallest absolute Gasteiger partial charge is 0.254 e. The highest BCUT2D eigenvalue weighted by atomic mass is 16.5. The number of carbonyl (C=O) groups excluding carboxylic acids is 2. The fraction of sp³-hybridized carbons (Fsp3) is 0.684. The van der Waals surface area contributed by atoms with E-state index in [4.69, 9.17) is 9.15 Å². The van der Waals surface area contributed by atoms with E-state index in [0.717, 1.165) is 31.4 Å². The molecule has 1 N–H and O–H groups in total. The van der Waals surface area contributed by atoms with Crippen LogP contribution in [0, 0.1) is 19.3 Å². The van der Waals surface area contributed by atoms with E-state index in [1.165, 1.54) is 0 Å². The average Bonchev–Trinajstić information content (AvgIpc) is 3.15. The van der Waals surface area contributed by atoms with E-state index in [9.17, 15) is 9.59 Å². The van der Waals surface area contributed by atoms with Crippen molar-refractivity contribution in [1.29, 1.82) is 0 Å². The van der Waals surface area contributed by atoms with Crippen molar-refractivity contribution in [2.24, 2.45) is 5.41 Å². The molecular formula is C19H28N2O4. The first-order valence-corrected chi connectivity index (χ1v) is 9.10. The number of aryl methyl sites for hydroxylation is 2. The molecule has 1 saturated carbocycles. The molecule has 1 aliphatic heterocycles. The predicted octanol–water partition coefficient (Wildman–Crippen LogP) is 2.43. The van der Waals surface area contributed by atoms with Gasteiger partial charge in [-0.2, -0.15) is 0 Å². The number of amides is 2. The van der Waals surface area contributed by atoms with Crippen LogP contribution in [0.15, 0.2) is 10.5 Å². The molecule has 2 aliphatic rings. The summed E-state index contributed by atoms with van der Waals surface area (Å²) in [7, 11) is 1.66. The van der Waals surface area contributed by atoms with Gasteiger partial charge in [-0.3, -0.25) is 9.59 Å². The van der Waals surface area contributed by atoms with Gasteiger partial charge in [0.25, 0.3) is 5.91 Å². The number of rotatable bonds is 6. The zero-order chi connectivity index (χ0) is 18.0. The van der Waals surface area contributed by atoms with E-state index in [0.29, 0.717) is 37.4 Å². The van der Waals surface area contributed by atoms with Gasteiger partial charge < -0.3 is 19.4 Å². The number of hydrogen-bond acceptors (Lipinski definition) is 4. The zero-order valence-electron chi connectivity index (χ0n) is 15.4. The Balaban J connectivity index is 1.70. The van der Waals surface area contributed by atoms with Gasteiger partial charge in [0.1, 0.15) is 11.5 Å². The minimum Gasteiger partial charge on any atom is -0.466 e. The van der Waals surface area contributed by atoms with Gasteiger partial charge in [-0.1, -0.05) is 6.42 Å². The Labute approximate surface area is 148 Å². The normalized spacial score (nSPS) is 26.0. The van der Waals surface area contributed by atoms with Gasteiger partial charge in [-0.05, 0) is 39.2 Å². The third-order valence-electron chi connectivity index (χ3n) is 5.82. The molecule has 1 saturated heterocycles. The van der Waals surface area contributed by atoms with Gasteiger partial charge in [-0.15, -0.1) is 0 Å². The zero-order valence-corrected chi connectivity index (χ0v) is 15.4. The van der Waals surface area contributed by atoms with E-state index in [2.05, 4.69) is 5.32 Å². The van der Waals surface area contributed by atoms with Crippen molar-refractivity contribution in [3.63, 3.8) is 0 Å². The van der Waals surface area contributed by atoms with Crippen LogP contribution in [0.4, 0.5) is 0 Å². The molecular weight excluding hydrogens is 320 g/mol. The van der Waals surface area contributed by atoms with E-state index in [-0.39, 0.29) is 23.3 Å². The third kappa shape index (κ3) is 3.45. The molecule has 2 amide bonds. The van der Waals surface area contributed by atoms with Crippen LogP contribution in [0.5, 0.6) is 0 Å². The SMILES string of the molecule is COCCN1C(=O)CC[C@]2(CNC(=O)c3cc(C)oc3C)CCC[C@@H]12. The average molecular weight is 348 g/mol. The van der Waals surface area contributed by atoms with Crippen LogP contribution in [0.2, 0.25) is 0 Å². The summed E-state index contributed by atoms with van der Waals surface area (Å²) in [5.74, 6) is 1.52. The second kappa shape index (κ2) is 7.20. The van der Waals surface area contributed by atoms with E-state index < -0.39 is 0 Å². The predicted molar refractivity (Wildman–Crippen MR) is 93.4 cm³/mol. The second-order valence-electron chi connectivity index (χ2n) is 7.36. The maximum Gasteiger partial charge on any atom is 0.254 e. The molecule has 2 fully saturated rings. The minimum absolute atomic E-state index is 0.00992. The maximum absolute atomic E-state index is 12.6. The molecule has 0 spiro atoms. The highest BCUT2D eigenvalue weighted by Crippen LogP contribution is 2.47. The van der Waals surface area contributed by atoms with Gasteiger partial charge >= 0.3 is 0 Å². The Kier molecular flexibility index (Phi) is 5.18. The van der Waals surface area contributed by atoms with E-state index >= 15 is 0 Å². The van der Waals surface area contributed by atoms with Crippen LogP contribution in [-0.4, -0.2) is 49.6 Å². The van der Waals surface area contributed by atoms with Crippen molar-refractivity contribution in [3.8, 4) is 0 Å². The van der Waals surface area contributed by atoms with Crippen LogP contribution in [0.3, 0.4) is 0 Å². The van der Waals surface area contributed by atoms with Crippen LogP contribution in [0.1, 0.15) is 54.0 Å². The first-order chi connectivity index (χ1) is 12.0. The quantitative estimate of drug-likeness (QED) is 0.857. The molecule has 6 heteroatoms. The largest absolute Gasteiger partial charge is 0.466 e. The Morgan fingerprint density at radius 3 is 2.92 bits per heavy atom. The molecule has 25 heavy (non-hydrogen) atoms. The van der Waals surface area contributed by atoms with Crippen LogP contribution in [0.25, 0.3) is 0 Å². The highest BCUT2D eigenvalue weighted by Gasteiger charge is 2.50. The monoisotopic (exact) mass is 348 g/mol. The van der Waals surface area contributed by atoms with E-state index in [1.54, 1.807) is 13.2 Å². The van der Waals surface area contributed by atoms with E-state index in [1.807, 2.05) is 18.7 Å². The van der Waals surface area contributed by atoms with Crippen LogP contribution < -0.4 is 5.32 Å². The molecule has 2 atom stereocenters. The molecule has 0 unspecified atom stereocenters. The maximum atomic E-state index is 12.6. The number of nitrogens with one attached hydrogen (secondary N) is 1. The minimum atomic E-state index is -0.0882. The number of furan rings is 1. The Bertz CT molecular complexity index is 654. The van der Waals surface area contributed by atoms with Crippen molar-refractivity contribution in [3.05, 3.63) is 23.2 Å². The molecule has 6 nitrogen and oxygen atoms in total.